The summed E-state index contributed by atoms with van der Waals surface area (Å²) < 4.78 is 0. The zero-order valence-corrected chi connectivity index (χ0v) is 15.6. The number of aryl methyl sites for hydroxylation is 1. The summed E-state index contributed by atoms with van der Waals surface area (Å²) in [5.41, 5.74) is 9.00. The molecule has 0 saturated carbocycles. The Hall–Kier alpha value is -2.40. The number of rotatable bonds is 5. The second kappa shape index (κ2) is 8.32. The number of carbonyl (C=O) groups is 1. The molecule has 1 atom stereocenters. The molecule has 1 aromatic carbocycles. The summed E-state index contributed by atoms with van der Waals surface area (Å²) in [6, 6.07) is 11.1. The SMILES string of the molecule is Cc1ccc(C(N)C(=O)NCc2ccc(N3CCC(C)CC3)nc2)cc1. The number of pyridine rings is 1. The molecule has 1 aliphatic rings. The average Bonchev–Trinajstić information content (AvgIpc) is 2.67. The van der Waals surface area contributed by atoms with Gasteiger partial charge in [0.1, 0.15) is 11.9 Å². The molecule has 0 bridgehead atoms. The van der Waals surface area contributed by atoms with E-state index in [1.54, 1.807) is 0 Å². The van der Waals surface area contributed by atoms with Crippen molar-refractivity contribution in [2.45, 2.75) is 39.3 Å². The van der Waals surface area contributed by atoms with Crippen LogP contribution in [0.4, 0.5) is 5.82 Å². The van der Waals surface area contributed by atoms with E-state index < -0.39 is 6.04 Å². The molecule has 3 N–H and O–H groups in total. The van der Waals surface area contributed by atoms with Crippen LogP contribution in [0.1, 0.15) is 42.5 Å². The highest BCUT2D eigenvalue weighted by Crippen LogP contribution is 2.21. The maximum atomic E-state index is 12.3. The van der Waals surface area contributed by atoms with Crippen LogP contribution in [-0.2, 0) is 11.3 Å². The highest BCUT2D eigenvalue weighted by molar-refractivity contribution is 5.82. The summed E-state index contributed by atoms with van der Waals surface area (Å²) in [5.74, 6) is 1.64. The lowest BCUT2D eigenvalue weighted by atomic mass is 9.99. The predicted molar refractivity (Wildman–Crippen MR) is 105 cm³/mol. The van der Waals surface area contributed by atoms with E-state index in [1.165, 1.54) is 12.8 Å². The lowest BCUT2D eigenvalue weighted by molar-refractivity contribution is -0.122. The summed E-state index contributed by atoms with van der Waals surface area (Å²) in [7, 11) is 0. The molecule has 1 fully saturated rings. The molecule has 1 saturated heterocycles. The van der Waals surface area contributed by atoms with Gasteiger partial charge >= 0.3 is 0 Å². The van der Waals surface area contributed by atoms with Gasteiger partial charge in [0, 0.05) is 25.8 Å². The van der Waals surface area contributed by atoms with Crippen molar-refractivity contribution in [2.75, 3.05) is 18.0 Å². The van der Waals surface area contributed by atoms with Crippen molar-refractivity contribution in [3.05, 3.63) is 59.3 Å². The molecule has 5 nitrogen and oxygen atoms in total. The van der Waals surface area contributed by atoms with E-state index in [4.69, 9.17) is 5.73 Å². The van der Waals surface area contributed by atoms with E-state index in [0.29, 0.717) is 6.54 Å². The first kappa shape index (κ1) is 18.4. The Morgan fingerprint density at radius 2 is 1.92 bits per heavy atom. The van der Waals surface area contributed by atoms with Crippen molar-refractivity contribution in [3.63, 3.8) is 0 Å². The van der Waals surface area contributed by atoms with E-state index in [0.717, 1.165) is 41.5 Å². The molecule has 0 radical (unpaired) electrons. The third kappa shape index (κ3) is 4.61. The molecule has 1 aliphatic heterocycles. The monoisotopic (exact) mass is 352 g/mol. The molecule has 2 aromatic rings. The van der Waals surface area contributed by atoms with E-state index in [2.05, 4.69) is 22.1 Å². The van der Waals surface area contributed by atoms with Gasteiger partial charge < -0.3 is 16.0 Å². The Labute approximate surface area is 155 Å². The van der Waals surface area contributed by atoms with Gasteiger partial charge in [-0.05, 0) is 42.9 Å². The smallest absolute Gasteiger partial charge is 0.241 e. The Morgan fingerprint density at radius 1 is 1.23 bits per heavy atom. The van der Waals surface area contributed by atoms with Crippen LogP contribution in [0.3, 0.4) is 0 Å². The Kier molecular flexibility index (Phi) is 5.89. The maximum absolute atomic E-state index is 12.3. The number of amides is 1. The molecule has 5 heteroatoms. The second-order valence-corrected chi connectivity index (χ2v) is 7.30. The summed E-state index contributed by atoms with van der Waals surface area (Å²) in [6.45, 7) is 6.88. The summed E-state index contributed by atoms with van der Waals surface area (Å²) in [5, 5.41) is 2.90. The fourth-order valence-electron chi connectivity index (χ4n) is 3.17. The first-order valence-electron chi connectivity index (χ1n) is 9.32. The molecule has 1 amide bonds. The molecule has 1 unspecified atom stereocenters. The number of nitrogens with two attached hydrogens (primary N) is 1. The van der Waals surface area contributed by atoms with Crippen molar-refractivity contribution >= 4 is 11.7 Å². The number of anilines is 1. The van der Waals surface area contributed by atoms with Crippen LogP contribution in [0.2, 0.25) is 0 Å². The number of nitrogens with zero attached hydrogens (tertiary/aromatic N) is 2. The normalized spacial score (nSPS) is 16.3. The molecule has 1 aromatic heterocycles. The van der Waals surface area contributed by atoms with Crippen LogP contribution in [0.25, 0.3) is 0 Å². The first-order valence-corrected chi connectivity index (χ1v) is 9.32. The van der Waals surface area contributed by atoms with Crippen LogP contribution >= 0.6 is 0 Å². The molecule has 0 spiro atoms. The number of hydrogen-bond donors (Lipinski definition) is 2. The van der Waals surface area contributed by atoms with E-state index in [9.17, 15) is 4.79 Å². The molecule has 2 heterocycles. The molecule has 26 heavy (non-hydrogen) atoms. The minimum Gasteiger partial charge on any atom is -0.357 e. The summed E-state index contributed by atoms with van der Waals surface area (Å²) >= 11 is 0. The van der Waals surface area contributed by atoms with Crippen molar-refractivity contribution in [1.29, 1.82) is 0 Å². The van der Waals surface area contributed by atoms with Gasteiger partial charge in [-0.2, -0.15) is 0 Å². The van der Waals surface area contributed by atoms with Crippen LogP contribution < -0.4 is 16.0 Å². The maximum Gasteiger partial charge on any atom is 0.241 e. The number of hydrogen-bond acceptors (Lipinski definition) is 4. The number of carbonyl (C=O) groups excluding carboxylic acids is 1. The van der Waals surface area contributed by atoms with Gasteiger partial charge in [-0.15, -0.1) is 0 Å². The molecular formula is C21H28N4O. The van der Waals surface area contributed by atoms with Gasteiger partial charge in [0.25, 0.3) is 0 Å². The average molecular weight is 352 g/mol. The van der Waals surface area contributed by atoms with Gasteiger partial charge in [0.15, 0.2) is 0 Å². The third-order valence-electron chi connectivity index (χ3n) is 5.10. The van der Waals surface area contributed by atoms with Crippen LogP contribution in [-0.4, -0.2) is 24.0 Å². The zero-order valence-electron chi connectivity index (χ0n) is 15.6. The van der Waals surface area contributed by atoms with E-state index in [1.807, 2.05) is 49.5 Å². The minimum absolute atomic E-state index is 0.178. The Balaban J connectivity index is 1.52. The lowest BCUT2D eigenvalue weighted by Crippen LogP contribution is -2.34. The van der Waals surface area contributed by atoms with Crippen molar-refractivity contribution < 1.29 is 4.79 Å². The highest BCUT2D eigenvalue weighted by Gasteiger charge is 2.17. The van der Waals surface area contributed by atoms with E-state index in [-0.39, 0.29) is 5.91 Å². The summed E-state index contributed by atoms with van der Waals surface area (Å²) in [6.07, 6.45) is 4.28. The van der Waals surface area contributed by atoms with Crippen LogP contribution in [0.5, 0.6) is 0 Å². The predicted octanol–water partition coefficient (Wildman–Crippen LogP) is 2.94. The number of nitrogens with one attached hydrogen (secondary N) is 1. The fraction of sp³-hybridized carbons (Fsp3) is 0.429. The van der Waals surface area contributed by atoms with Crippen LogP contribution in [0, 0.1) is 12.8 Å². The molecule has 3 rings (SSSR count). The molecule has 138 valence electrons. The number of aromatic nitrogens is 1. The first-order chi connectivity index (χ1) is 12.5. The topological polar surface area (TPSA) is 71.2 Å². The fourth-order valence-corrected chi connectivity index (χ4v) is 3.17. The number of benzene rings is 1. The highest BCUT2D eigenvalue weighted by atomic mass is 16.2. The van der Waals surface area contributed by atoms with Gasteiger partial charge in [-0.1, -0.05) is 42.8 Å². The molecule has 0 aliphatic carbocycles. The van der Waals surface area contributed by atoms with Crippen LogP contribution in [0.15, 0.2) is 42.6 Å². The lowest BCUT2D eigenvalue weighted by Gasteiger charge is -2.31. The summed E-state index contributed by atoms with van der Waals surface area (Å²) in [4.78, 5) is 19.2. The third-order valence-corrected chi connectivity index (χ3v) is 5.10. The van der Waals surface area contributed by atoms with Gasteiger partial charge in [-0.3, -0.25) is 4.79 Å². The quantitative estimate of drug-likeness (QED) is 0.868. The zero-order chi connectivity index (χ0) is 18.5. The van der Waals surface area contributed by atoms with E-state index >= 15 is 0 Å². The minimum atomic E-state index is -0.654. The molecular weight excluding hydrogens is 324 g/mol. The number of piperidine rings is 1. The van der Waals surface area contributed by atoms with Gasteiger partial charge in [0.05, 0.1) is 0 Å². The van der Waals surface area contributed by atoms with Crippen molar-refractivity contribution in [2.24, 2.45) is 11.7 Å². The van der Waals surface area contributed by atoms with Crippen molar-refractivity contribution in [1.82, 2.24) is 10.3 Å². The Morgan fingerprint density at radius 3 is 2.54 bits per heavy atom. The Bertz CT molecular complexity index is 719. The largest absolute Gasteiger partial charge is 0.357 e. The van der Waals surface area contributed by atoms with Gasteiger partial charge in [-0.25, -0.2) is 4.98 Å². The standard InChI is InChI=1S/C21H28N4O/c1-15-3-6-18(7-4-15)20(22)21(26)24-14-17-5-8-19(23-13-17)25-11-9-16(2)10-12-25/h3-8,13,16,20H,9-12,14,22H2,1-2H3,(H,24,26). The second-order valence-electron chi connectivity index (χ2n) is 7.30. The van der Waals surface area contributed by atoms with Gasteiger partial charge in [0.2, 0.25) is 5.91 Å². The van der Waals surface area contributed by atoms with Crippen molar-refractivity contribution in [3.8, 4) is 0 Å².